The Morgan fingerprint density at radius 1 is 1.32 bits per heavy atom. The van der Waals surface area contributed by atoms with Crippen molar-refractivity contribution < 1.29 is 9.63 Å². The summed E-state index contributed by atoms with van der Waals surface area (Å²) >= 11 is 11.1. The molecule has 0 aromatic heterocycles. The fourth-order valence-corrected chi connectivity index (χ4v) is 3.16. The summed E-state index contributed by atoms with van der Waals surface area (Å²) in [5.74, 6) is -0.348. The third-order valence-electron chi connectivity index (χ3n) is 2.93. The van der Waals surface area contributed by atoms with Crippen LogP contribution in [0.3, 0.4) is 0 Å². The number of nitrogens with zero attached hydrogens (tertiary/aromatic N) is 1. The van der Waals surface area contributed by atoms with E-state index in [1.807, 2.05) is 24.3 Å². The Bertz CT molecular complexity index is 695. The largest absolute Gasteiger partial charge is 0.398 e. The number of halogens is 2. The van der Waals surface area contributed by atoms with Crippen LogP contribution < -0.4 is 5.73 Å². The molecule has 0 aliphatic heterocycles. The maximum absolute atomic E-state index is 12.1. The zero-order valence-electron chi connectivity index (χ0n) is 12.0. The fourth-order valence-electron chi connectivity index (χ4n) is 1.71. The number of hydrogen-bond donors (Lipinski definition) is 1. The van der Waals surface area contributed by atoms with E-state index in [1.165, 1.54) is 25.9 Å². The van der Waals surface area contributed by atoms with Gasteiger partial charge in [0.2, 0.25) is 0 Å². The minimum atomic E-state index is -0.348. The molecule has 2 aromatic rings. The molecule has 0 aliphatic carbocycles. The highest BCUT2D eigenvalue weighted by molar-refractivity contribution is 9.10. The Morgan fingerprint density at radius 2 is 1.95 bits per heavy atom. The molecule has 0 unspecified atom stereocenters. The Morgan fingerprint density at radius 3 is 2.55 bits per heavy atom. The SMILES string of the molecule is CON(C)C(=O)c1cc(N)c(Sc2ccc(Br)cc2)cc1Cl. The van der Waals surface area contributed by atoms with Crippen molar-refractivity contribution >= 4 is 50.9 Å². The zero-order valence-corrected chi connectivity index (χ0v) is 15.1. The van der Waals surface area contributed by atoms with Crippen molar-refractivity contribution in [2.24, 2.45) is 0 Å². The number of nitrogen functional groups attached to an aromatic ring is 1. The summed E-state index contributed by atoms with van der Waals surface area (Å²) in [6, 6.07) is 11.1. The lowest BCUT2D eigenvalue weighted by Gasteiger charge is -2.16. The predicted octanol–water partition coefficient (Wildman–Crippen LogP) is 4.47. The molecule has 2 rings (SSSR count). The summed E-state index contributed by atoms with van der Waals surface area (Å²) in [4.78, 5) is 18.8. The second kappa shape index (κ2) is 7.37. The van der Waals surface area contributed by atoms with Crippen molar-refractivity contribution in [3.05, 3.63) is 51.5 Å². The molecule has 1 amide bonds. The highest BCUT2D eigenvalue weighted by Crippen LogP contribution is 2.36. The molecule has 0 saturated carbocycles. The van der Waals surface area contributed by atoms with Gasteiger partial charge in [-0.05, 0) is 36.4 Å². The first kappa shape index (κ1) is 17.1. The zero-order chi connectivity index (χ0) is 16.3. The molecule has 7 heteroatoms. The van der Waals surface area contributed by atoms with Crippen LogP contribution in [0.2, 0.25) is 5.02 Å². The van der Waals surface area contributed by atoms with Crippen molar-refractivity contribution in [2.45, 2.75) is 9.79 Å². The summed E-state index contributed by atoms with van der Waals surface area (Å²) < 4.78 is 1.01. The summed E-state index contributed by atoms with van der Waals surface area (Å²) in [5, 5.41) is 1.44. The van der Waals surface area contributed by atoms with Crippen molar-refractivity contribution in [2.75, 3.05) is 19.9 Å². The average Bonchev–Trinajstić information content (AvgIpc) is 2.51. The molecule has 0 fully saturated rings. The van der Waals surface area contributed by atoms with Gasteiger partial charge in [0.25, 0.3) is 5.91 Å². The number of rotatable bonds is 4. The normalized spacial score (nSPS) is 10.5. The van der Waals surface area contributed by atoms with Gasteiger partial charge in [-0.25, -0.2) is 5.06 Å². The number of carbonyl (C=O) groups excluding carboxylic acids is 1. The summed E-state index contributed by atoms with van der Waals surface area (Å²) in [7, 11) is 2.92. The van der Waals surface area contributed by atoms with Gasteiger partial charge < -0.3 is 5.73 Å². The van der Waals surface area contributed by atoms with Gasteiger partial charge in [0, 0.05) is 27.0 Å². The highest BCUT2D eigenvalue weighted by Gasteiger charge is 2.17. The molecule has 2 aromatic carbocycles. The van der Waals surface area contributed by atoms with Crippen molar-refractivity contribution in [3.63, 3.8) is 0 Å². The lowest BCUT2D eigenvalue weighted by atomic mass is 10.2. The first-order valence-electron chi connectivity index (χ1n) is 6.27. The Kier molecular flexibility index (Phi) is 5.74. The van der Waals surface area contributed by atoms with Crippen LogP contribution in [0.1, 0.15) is 10.4 Å². The van der Waals surface area contributed by atoms with Crippen LogP contribution >= 0.6 is 39.3 Å². The minimum absolute atomic E-state index is 0.309. The highest BCUT2D eigenvalue weighted by atomic mass is 79.9. The number of nitrogens with two attached hydrogens (primary N) is 1. The van der Waals surface area contributed by atoms with E-state index in [-0.39, 0.29) is 5.91 Å². The molecular formula is C15H14BrClN2O2S. The number of carbonyl (C=O) groups is 1. The van der Waals surface area contributed by atoms with E-state index in [0.29, 0.717) is 16.3 Å². The summed E-state index contributed by atoms with van der Waals surface area (Å²) in [5.41, 5.74) is 6.85. The predicted molar refractivity (Wildman–Crippen MR) is 93.2 cm³/mol. The van der Waals surface area contributed by atoms with E-state index in [0.717, 1.165) is 19.3 Å². The van der Waals surface area contributed by atoms with Gasteiger partial charge in [0.15, 0.2) is 0 Å². The molecule has 0 radical (unpaired) electrons. The van der Waals surface area contributed by atoms with E-state index in [4.69, 9.17) is 22.2 Å². The first-order valence-corrected chi connectivity index (χ1v) is 8.25. The van der Waals surface area contributed by atoms with Gasteiger partial charge in [0.1, 0.15) is 0 Å². The standard InChI is InChI=1S/C15H14BrClN2O2S/c1-19(21-2)15(20)11-7-13(18)14(8-12(11)17)22-10-5-3-9(16)4-6-10/h3-8H,18H2,1-2H3. The quantitative estimate of drug-likeness (QED) is 0.606. The topological polar surface area (TPSA) is 55.6 Å². The lowest BCUT2D eigenvalue weighted by Crippen LogP contribution is -2.25. The first-order chi connectivity index (χ1) is 10.4. The maximum atomic E-state index is 12.1. The summed E-state index contributed by atoms with van der Waals surface area (Å²) in [6.45, 7) is 0. The molecular weight excluding hydrogens is 388 g/mol. The van der Waals surface area contributed by atoms with Crippen LogP contribution in [-0.2, 0) is 4.84 Å². The van der Waals surface area contributed by atoms with Gasteiger partial charge in [0.05, 0.1) is 17.7 Å². The van der Waals surface area contributed by atoms with E-state index in [1.54, 1.807) is 12.1 Å². The monoisotopic (exact) mass is 400 g/mol. The van der Waals surface area contributed by atoms with Crippen LogP contribution in [0.15, 0.2) is 50.7 Å². The number of hydrogen-bond acceptors (Lipinski definition) is 4. The summed E-state index contributed by atoms with van der Waals surface area (Å²) in [6.07, 6.45) is 0. The van der Waals surface area contributed by atoms with E-state index >= 15 is 0 Å². The third-order valence-corrected chi connectivity index (χ3v) is 4.85. The third kappa shape index (κ3) is 3.95. The molecule has 116 valence electrons. The Hall–Kier alpha value is -1.21. The number of benzene rings is 2. The second-order valence-corrected chi connectivity index (χ2v) is 6.85. The number of hydroxylamine groups is 2. The van der Waals surface area contributed by atoms with Gasteiger partial charge in [-0.2, -0.15) is 0 Å². The second-order valence-electron chi connectivity index (χ2n) is 4.41. The molecule has 0 heterocycles. The maximum Gasteiger partial charge on any atom is 0.278 e. The van der Waals surface area contributed by atoms with Crippen LogP contribution in [0.5, 0.6) is 0 Å². The van der Waals surface area contributed by atoms with Crippen LogP contribution in [0, 0.1) is 0 Å². The molecule has 0 spiro atoms. The Labute approximate surface area is 146 Å². The lowest BCUT2D eigenvalue weighted by molar-refractivity contribution is -0.0756. The van der Waals surface area contributed by atoms with Crippen LogP contribution in [0.25, 0.3) is 0 Å². The van der Waals surface area contributed by atoms with Gasteiger partial charge >= 0.3 is 0 Å². The molecule has 0 saturated heterocycles. The van der Waals surface area contributed by atoms with Crippen molar-refractivity contribution in [1.29, 1.82) is 0 Å². The average molecular weight is 402 g/mol. The van der Waals surface area contributed by atoms with Crippen LogP contribution in [0.4, 0.5) is 5.69 Å². The molecule has 4 nitrogen and oxygen atoms in total. The van der Waals surface area contributed by atoms with E-state index in [9.17, 15) is 4.79 Å². The number of anilines is 1. The van der Waals surface area contributed by atoms with Crippen LogP contribution in [-0.4, -0.2) is 25.1 Å². The van der Waals surface area contributed by atoms with Crippen molar-refractivity contribution in [1.82, 2.24) is 5.06 Å². The molecule has 0 atom stereocenters. The van der Waals surface area contributed by atoms with Crippen molar-refractivity contribution in [3.8, 4) is 0 Å². The van der Waals surface area contributed by atoms with E-state index in [2.05, 4.69) is 15.9 Å². The Balaban J connectivity index is 2.30. The van der Waals surface area contributed by atoms with E-state index < -0.39 is 0 Å². The van der Waals surface area contributed by atoms with Gasteiger partial charge in [-0.1, -0.05) is 39.3 Å². The number of amides is 1. The molecule has 0 aliphatic rings. The molecule has 0 bridgehead atoms. The molecule has 2 N–H and O–H groups in total. The van der Waals surface area contributed by atoms with Gasteiger partial charge in [-0.3, -0.25) is 9.63 Å². The fraction of sp³-hybridized carbons (Fsp3) is 0.133. The smallest absolute Gasteiger partial charge is 0.278 e. The van der Waals surface area contributed by atoms with Gasteiger partial charge in [-0.15, -0.1) is 0 Å². The minimum Gasteiger partial charge on any atom is -0.398 e. The molecule has 22 heavy (non-hydrogen) atoms.